The van der Waals surface area contributed by atoms with Crippen LogP contribution in [0.5, 0.6) is 0 Å². The van der Waals surface area contributed by atoms with Crippen LogP contribution >= 0.6 is 0 Å². The van der Waals surface area contributed by atoms with E-state index < -0.39 is 29.0 Å². The minimum Gasteiger partial charge on any atom is -0.326 e. The van der Waals surface area contributed by atoms with Gasteiger partial charge in [-0.1, -0.05) is 17.7 Å². The van der Waals surface area contributed by atoms with Crippen molar-refractivity contribution in [1.29, 1.82) is 0 Å². The molecule has 0 bridgehead atoms. The molecule has 26 heavy (non-hydrogen) atoms. The van der Waals surface area contributed by atoms with E-state index in [0.717, 1.165) is 35.1 Å². The molecular weight excluding hydrogens is 345 g/mol. The molecule has 4 nitrogen and oxygen atoms in total. The molecule has 0 unspecified atom stereocenters. The van der Waals surface area contributed by atoms with E-state index in [2.05, 4.69) is 5.32 Å². The van der Waals surface area contributed by atoms with Crippen molar-refractivity contribution in [2.75, 3.05) is 16.8 Å². The number of nitrogens with zero attached hydrogens (tertiary/aromatic N) is 1. The maximum atomic E-state index is 13.9. The number of hydrogen-bond donors (Lipinski definition) is 1. The van der Waals surface area contributed by atoms with Gasteiger partial charge in [0, 0.05) is 25.6 Å². The monoisotopic (exact) mass is 364 g/mol. The topological polar surface area (TPSA) is 49.4 Å². The Morgan fingerprint density at radius 2 is 1.73 bits per heavy atom. The number of hydrogen-bond acceptors (Lipinski definition) is 2. The summed E-state index contributed by atoms with van der Waals surface area (Å²) in [5.74, 6) is -5.44. The van der Waals surface area contributed by atoms with Crippen LogP contribution in [-0.4, -0.2) is 18.4 Å². The number of aryl methyl sites for hydroxylation is 2. The normalized spacial score (nSPS) is 10.5. The fraction of sp³-hybridized carbons (Fsp3) is 0.263. The lowest BCUT2D eigenvalue weighted by molar-refractivity contribution is -0.117. The first-order valence-electron chi connectivity index (χ1n) is 7.99. The van der Waals surface area contributed by atoms with Crippen LogP contribution in [0.25, 0.3) is 0 Å². The number of rotatable bonds is 5. The van der Waals surface area contributed by atoms with Gasteiger partial charge < -0.3 is 10.2 Å². The van der Waals surface area contributed by atoms with Gasteiger partial charge >= 0.3 is 0 Å². The van der Waals surface area contributed by atoms with Crippen molar-refractivity contribution in [3.63, 3.8) is 0 Å². The maximum Gasteiger partial charge on any atom is 0.226 e. The summed E-state index contributed by atoms with van der Waals surface area (Å²) in [5, 5.41) is 2.71. The smallest absolute Gasteiger partial charge is 0.226 e. The highest BCUT2D eigenvalue weighted by molar-refractivity contribution is 5.95. The van der Waals surface area contributed by atoms with Gasteiger partial charge in [-0.3, -0.25) is 9.59 Å². The largest absolute Gasteiger partial charge is 0.326 e. The van der Waals surface area contributed by atoms with Gasteiger partial charge in [-0.2, -0.15) is 0 Å². The third-order valence-electron chi connectivity index (χ3n) is 3.90. The minimum atomic E-state index is -1.66. The van der Waals surface area contributed by atoms with Gasteiger partial charge in [0.1, 0.15) is 0 Å². The van der Waals surface area contributed by atoms with E-state index in [1.807, 2.05) is 26.0 Å². The first-order chi connectivity index (χ1) is 12.2. The van der Waals surface area contributed by atoms with E-state index in [4.69, 9.17) is 0 Å². The van der Waals surface area contributed by atoms with E-state index in [1.165, 1.54) is 0 Å². The molecule has 0 atom stereocenters. The fourth-order valence-electron chi connectivity index (χ4n) is 2.55. The molecule has 138 valence electrons. The zero-order valence-electron chi connectivity index (χ0n) is 14.7. The van der Waals surface area contributed by atoms with Gasteiger partial charge in [0.15, 0.2) is 17.5 Å². The predicted octanol–water partition coefficient (Wildman–Crippen LogP) is 4.10. The molecule has 2 aromatic carbocycles. The first-order valence-corrected chi connectivity index (χ1v) is 7.99. The highest BCUT2D eigenvalue weighted by Crippen LogP contribution is 2.24. The van der Waals surface area contributed by atoms with E-state index in [-0.39, 0.29) is 18.9 Å². The standard InChI is InChI=1S/C19H19F3N2O2/c1-11-4-6-15(12(2)10-11)23-17(26)8-9-24(13(3)25)16-7-5-14(20)18(21)19(16)22/h4-7,10H,8-9H2,1-3H3,(H,23,26). The van der Waals surface area contributed by atoms with Crippen molar-refractivity contribution in [2.45, 2.75) is 27.2 Å². The molecule has 0 aliphatic heterocycles. The van der Waals surface area contributed by atoms with Crippen molar-refractivity contribution in [2.24, 2.45) is 0 Å². The van der Waals surface area contributed by atoms with E-state index in [9.17, 15) is 22.8 Å². The number of benzene rings is 2. The zero-order valence-corrected chi connectivity index (χ0v) is 14.7. The summed E-state index contributed by atoms with van der Waals surface area (Å²) in [6.07, 6.45) is -0.134. The molecule has 0 aliphatic rings. The van der Waals surface area contributed by atoms with E-state index in [1.54, 1.807) is 6.07 Å². The summed E-state index contributed by atoms with van der Waals surface area (Å²) in [6, 6.07) is 7.23. The number of anilines is 2. The van der Waals surface area contributed by atoms with Crippen LogP contribution in [0.15, 0.2) is 30.3 Å². The average molecular weight is 364 g/mol. The van der Waals surface area contributed by atoms with Gasteiger partial charge in [-0.25, -0.2) is 13.2 Å². The molecular formula is C19H19F3N2O2. The first kappa shape index (κ1) is 19.5. The Labute approximate surface area is 149 Å². The average Bonchev–Trinajstić information content (AvgIpc) is 2.57. The molecule has 0 radical (unpaired) electrons. The Balaban J connectivity index is 2.10. The molecule has 0 aromatic heterocycles. The van der Waals surface area contributed by atoms with Crippen LogP contribution in [0.1, 0.15) is 24.5 Å². The Kier molecular flexibility index (Phi) is 6.02. The number of amides is 2. The summed E-state index contributed by atoms with van der Waals surface area (Å²) in [5.41, 5.74) is 2.16. The van der Waals surface area contributed by atoms with Crippen LogP contribution in [0.2, 0.25) is 0 Å². The fourth-order valence-corrected chi connectivity index (χ4v) is 2.55. The van der Waals surface area contributed by atoms with E-state index >= 15 is 0 Å². The quantitative estimate of drug-likeness (QED) is 0.812. The van der Waals surface area contributed by atoms with Crippen LogP contribution in [0, 0.1) is 31.3 Å². The molecule has 0 heterocycles. The second kappa shape index (κ2) is 8.03. The van der Waals surface area contributed by atoms with Crippen LogP contribution < -0.4 is 10.2 Å². The lowest BCUT2D eigenvalue weighted by atomic mass is 10.1. The highest BCUT2D eigenvalue weighted by Gasteiger charge is 2.21. The minimum absolute atomic E-state index is 0.134. The number of nitrogens with one attached hydrogen (secondary N) is 1. The zero-order chi connectivity index (χ0) is 19.4. The lowest BCUT2D eigenvalue weighted by Crippen LogP contribution is -2.33. The van der Waals surface area contributed by atoms with Crippen LogP contribution in [0.4, 0.5) is 24.5 Å². The highest BCUT2D eigenvalue weighted by atomic mass is 19.2. The lowest BCUT2D eigenvalue weighted by Gasteiger charge is -2.22. The maximum absolute atomic E-state index is 13.9. The second-order valence-electron chi connectivity index (χ2n) is 5.98. The van der Waals surface area contributed by atoms with Crippen molar-refractivity contribution in [3.8, 4) is 0 Å². The molecule has 2 amide bonds. The summed E-state index contributed by atoms with van der Waals surface area (Å²) in [7, 11) is 0. The van der Waals surface area contributed by atoms with Crippen molar-refractivity contribution >= 4 is 23.2 Å². The van der Waals surface area contributed by atoms with Crippen molar-refractivity contribution in [3.05, 3.63) is 58.9 Å². The molecule has 0 saturated heterocycles. The molecule has 0 aliphatic carbocycles. The Morgan fingerprint density at radius 3 is 2.35 bits per heavy atom. The van der Waals surface area contributed by atoms with Crippen LogP contribution in [0.3, 0.4) is 0 Å². The number of carbonyl (C=O) groups is 2. The van der Waals surface area contributed by atoms with Gasteiger partial charge in [-0.05, 0) is 37.6 Å². The summed E-state index contributed by atoms with van der Waals surface area (Å²) >= 11 is 0. The Morgan fingerprint density at radius 1 is 1.04 bits per heavy atom. The molecule has 2 rings (SSSR count). The SMILES string of the molecule is CC(=O)N(CCC(=O)Nc1ccc(C)cc1C)c1ccc(F)c(F)c1F. The molecule has 1 N–H and O–H groups in total. The van der Waals surface area contributed by atoms with Gasteiger partial charge in [0.05, 0.1) is 5.69 Å². The second-order valence-corrected chi connectivity index (χ2v) is 5.98. The third-order valence-corrected chi connectivity index (χ3v) is 3.90. The summed E-state index contributed by atoms with van der Waals surface area (Å²) in [6.45, 7) is 4.76. The molecule has 2 aromatic rings. The molecule has 7 heteroatoms. The summed E-state index contributed by atoms with van der Waals surface area (Å²) in [4.78, 5) is 24.8. The third kappa shape index (κ3) is 4.41. The Hall–Kier alpha value is -2.83. The van der Waals surface area contributed by atoms with Gasteiger partial charge in [0.25, 0.3) is 0 Å². The van der Waals surface area contributed by atoms with Crippen LogP contribution in [-0.2, 0) is 9.59 Å². The van der Waals surface area contributed by atoms with Gasteiger partial charge in [-0.15, -0.1) is 0 Å². The van der Waals surface area contributed by atoms with E-state index in [0.29, 0.717) is 5.69 Å². The van der Waals surface area contributed by atoms with Crippen molar-refractivity contribution in [1.82, 2.24) is 0 Å². The number of halogens is 3. The summed E-state index contributed by atoms with van der Waals surface area (Å²) < 4.78 is 40.4. The molecule has 0 saturated carbocycles. The molecule has 0 fully saturated rings. The predicted molar refractivity (Wildman–Crippen MR) is 93.5 cm³/mol. The van der Waals surface area contributed by atoms with Crippen molar-refractivity contribution < 1.29 is 22.8 Å². The van der Waals surface area contributed by atoms with Gasteiger partial charge in [0.2, 0.25) is 11.8 Å². The number of carbonyl (C=O) groups excluding carboxylic acids is 2. The Bertz CT molecular complexity index is 853. The molecule has 0 spiro atoms.